The predicted octanol–water partition coefficient (Wildman–Crippen LogP) is 3.56. The first-order valence-corrected chi connectivity index (χ1v) is 13.3. The van der Waals surface area contributed by atoms with Gasteiger partial charge in [0.1, 0.15) is 5.00 Å². The van der Waals surface area contributed by atoms with E-state index >= 15 is 0 Å². The highest BCUT2D eigenvalue weighted by Gasteiger charge is 2.29. The number of carbonyl (C=O) groups excluding carboxylic acids is 3. The summed E-state index contributed by atoms with van der Waals surface area (Å²) in [6, 6.07) is 4.15. The first-order valence-electron chi connectivity index (χ1n) is 10.6. The molecular weight excluding hydrogens is 466 g/mol. The lowest BCUT2D eigenvalue weighted by molar-refractivity contribution is -0.119. The Morgan fingerprint density at radius 1 is 1.18 bits per heavy atom. The third-order valence-electron chi connectivity index (χ3n) is 5.44. The number of anilines is 1. The van der Waals surface area contributed by atoms with Gasteiger partial charge in [0.15, 0.2) is 16.4 Å². The summed E-state index contributed by atoms with van der Waals surface area (Å²) in [6.45, 7) is 5.15. The van der Waals surface area contributed by atoms with Gasteiger partial charge in [-0.3, -0.25) is 4.79 Å². The van der Waals surface area contributed by atoms with Crippen molar-refractivity contribution in [3.63, 3.8) is 0 Å². The summed E-state index contributed by atoms with van der Waals surface area (Å²) < 4.78 is 33.9. The summed E-state index contributed by atoms with van der Waals surface area (Å²) in [7, 11) is -3.50. The molecule has 0 saturated carbocycles. The number of benzene rings is 1. The fraction of sp³-hybridized carbons (Fsp3) is 0.435. The van der Waals surface area contributed by atoms with Crippen LogP contribution in [-0.4, -0.2) is 45.7 Å². The summed E-state index contributed by atoms with van der Waals surface area (Å²) in [5, 5.41) is 3.08. The van der Waals surface area contributed by atoms with Crippen molar-refractivity contribution < 1.29 is 32.3 Å². The minimum absolute atomic E-state index is 0.0121. The molecule has 3 rings (SSSR count). The lowest BCUT2D eigenvalue weighted by Gasteiger charge is -2.18. The van der Waals surface area contributed by atoms with Gasteiger partial charge in [-0.2, -0.15) is 0 Å². The molecule has 1 aliphatic rings. The molecule has 8 nitrogen and oxygen atoms in total. The van der Waals surface area contributed by atoms with Crippen molar-refractivity contribution in [3.8, 4) is 0 Å². The molecule has 1 atom stereocenters. The largest absolute Gasteiger partial charge is 0.462 e. The van der Waals surface area contributed by atoms with E-state index in [-0.39, 0.29) is 17.1 Å². The minimum Gasteiger partial charge on any atom is -0.462 e. The third-order valence-corrected chi connectivity index (χ3v) is 7.72. The van der Waals surface area contributed by atoms with Crippen LogP contribution in [0.1, 0.15) is 57.0 Å². The van der Waals surface area contributed by atoms with E-state index in [1.165, 1.54) is 29.5 Å². The van der Waals surface area contributed by atoms with Gasteiger partial charge in [-0.25, -0.2) is 18.0 Å². The van der Waals surface area contributed by atoms with Crippen molar-refractivity contribution in [1.29, 1.82) is 0 Å². The molecular formula is C23H27NO7S2. The van der Waals surface area contributed by atoms with Gasteiger partial charge in [-0.15, -0.1) is 11.3 Å². The second-order valence-electron chi connectivity index (χ2n) is 8.15. The van der Waals surface area contributed by atoms with E-state index in [9.17, 15) is 22.8 Å². The molecule has 33 heavy (non-hydrogen) atoms. The number of thiophene rings is 1. The van der Waals surface area contributed by atoms with Crippen LogP contribution in [0.15, 0.2) is 23.1 Å². The Morgan fingerprint density at radius 3 is 2.58 bits per heavy atom. The van der Waals surface area contributed by atoms with Crippen LogP contribution in [0, 0.1) is 12.8 Å². The van der Waals surface area contributed by atoms with E-state index in [0.717, 1.165) is 36.0 Å². The van der Waals surface area contributed by atoms with Crippen LogP contribution >= 0.6 is 11.3 Å². The van der Waals surface area contributed by atoms with Crippen molar-refractivity contribution in [2.24, 2.45) is 5.92 Å². The number of fused-ring (bicyclic) bond motifs is 1. The second kappa shape index (κ2) is 10.0. The van der Waals surface area contributed by atoms with Gasteiger partial charge >= 0.3 is 11.9 Å². The van der Waals surface area contributed by atoms with Crippen molar-refractivity contribution in [3.05, 3.63) is 45.3 Å². The zero-order chi connectivity index (χ0) is 24.3. The van der Waals surface area contributed by atoms with Crippen LogP contribution in [0.25, 0.3) is 0 Å². The Labute approximate surface area is 197 Å². The Bertz CT molecular complexity index is 1200. The number of hydrogen-bond acceptors (Lipinski definition) is 8. The highest BCUT2D eigenvalue weighted by molar-refractivity contribution is 7.90. The Morgan fingerprint density at radius 2 is 1.91 bits per heavy atom. The summed E-state index contributed by atoms with van der Waals surface area (Å²) in [5.41, 5.74) is 1.88. The average Bonchev–Trinajstić information content (AvgIpc) is 3.08. The number of esters is 2. The van der Waals surface area contributed by atoms with Crippen molar-refractivity contribution in [2.75, 3.05) is 24.8 Å². The minimum atomic E-state index is -3.50. The van der Waals surface area contributed by atoms with E-state index < -0.39 is 34.3 Å². The number of amides is 1. The molecule has 1 aromatic heterocycles. The molecule has 2 aromatic rings. The lowest BCUT2D eigenvalue weighted by atomic mass is 9.88. The van der Waals surface area contributed by atoms with Gasteiger partial charge in [0.05, 0.1) is 22.6 Å². The van der Waals surface area contributed by atoms with E-state index in [1.54, 1.807) is 13.8 Å². The van der Waals surface area contributed by atoms with Gasteiger partial charge in [0.25, 0.3) is 5.91 Å². The molecule has 0 aliphatic heterocycles. The van der Waals surface area contributed by atoms with Crippen LogP contribution in [0.5, 0.6) is 0 Å². The number of nitrogens with one attached hydrogen (secondary N) is 1. The second-order valence-corrected chi connectivity index (χ2v) is 11.3. The molecule has 0 bridgehead atoms. The zero-order valence-corrected chi connectivity index (χ0v) is 20.7. The molecule has 1 N–H and O–H groups in total. The fourth-order valence-corrected chi connectivity index (χ4v) is 5.74. The molecule has 0 fully saturated rings. The number of ether oxygens (including phenoxy) is 2. The van der Waals surface area contributed by atoms with Crippen LogP contribution < -0.4 is 5.32 Å². The van der Waals surface area contributed by atoms with E-state index in [2.05, 4.69) is 12.2 Å². The van der Waals surface area contributed by atoms with Crippen molar-refractivity contribution in [1.82, 2.24) is 0 Å². The SMILES string of the molecule is CCOC(=O)c1c(NC(=O)COC(=O)c2cc(S(C)(=O)=O)ccc2C)sc2c1CCC(C)C2. The van der Waals surface area contributed by atoms with E-state index in [4.69, 9.17) is 9.47 Å². The maximum Gasteiger partial charge on any atom is 0.341 e. The summed E-state index contributed by atoms with van der Waals surface area (Å²) in [4.78, 5) is 38.6. The maximum absolute atomic E-state index is 12.6. The summed E-state index contributed by atoms with van der Waals surface area (Å²) in [5.74, 6) is -1.40. The van der Waals surface area contributed by atoms with Crippen molar-refractivity contribution >= 4 is 44.0 Å². The third kappa shape index (κ3) is 5.80. The topological polar surface area (TPSA) is 116 Å². The molecule has 1 heterocycles. The van der Waals surface area contributed by atoms with Gasteiger partial charge in [0, 0.05) is 11.1 Å². The van der Waals surface area contributed by atoms with Gasteiger partial charge < -0.3 is 14.8 Å². The molecule has 0 saturated heterocycles. The molecule has 1 aliphatic carbocycles. The number of sulfone groups is 1. The average molecular weight is 494 g/mol. The van der Waals surface area contributed by atoms with Crippen LogP contribution in [-0.2, 0) is 36.9 Å². The number of hydrogen-bond donors (Lipinski definition) is 1. The quantitative estimate of drug-likeness (QED) is 0.586. The zero-order valence-electron chi connectivity index (χ0n) is 19.0. The van der Waals surface area contributed by atoms with Gasteiger partial charge in [-0.05, 0) is 62.3 Å². The monoisotopic (exact) mass is 493 g/mol. The maximum atomic E-state index is 12.6. The molecule has 0 spiro atoms. The fourth-order valence-electron chi connectivity index (χ4n) is 3.68. The molecule has 1 amide bonds. The normalized spacial score (nSPS) is 15.5. The van der Waals surface area contributed by atoms with Crippen LogP contribution in [0.4, 0.5) is 5.00 Å². The molecule has 1 unspecified atom stereocenters. The summed E-state index contributed by atoms with van der Waals surface area (Å²) in [6.07, 6.45) is 3.56. The van der Waals surface area contributed by atoms with Crippen LogP contribution in [0.3, 0.4) is 0 Å². The number of aryl methyl sites for hydroxylation is 1. The van der Waals surface area contributed by atoms with Gasteiger partial charge in [-0.1, -0.05) is 13.0 Å². The first-order chi connectivity index (χ1) is 15.5. The molecule has 10 heteroatoms. The summed E-state index contributed by atoms with van der Waals surface area (Å²) >= 11 is 1.35. The predicted molar refractivity (Wildman–Crippen MR) is 125 cm³/mol. The Hall–Kier alpha value is -2.72. The number of carbonyl (C=O) groups is 3. The molecule has 178 valence electrons. The highest BCUT2D eigenvalue weighted by atomic mass is 32.2. The smallest absolute Gasteiger partial charge is 0.341 e. The highest BCUT2D eigenvalue weighted by Crippen LogP contribution is 2.40. The van der Waals surface area contributed by atoms with Crippen LogP contribution in [0.2, 0.25) is 0 Å². The molecule has 1 aromatic carbocycles. The first kappa shape index (κ1) is 24.9. The standard InChI is InChI=1S/C23H27NO7S2/c1-5-30-23(27)20-16-9-6-13(2)10-18(16)32-21(20)24-19(25)12-31-22(26)17-11-15(33(4,28)29)8-7-14(17)3/h7-8,11,13H,5-6,9-10,12H2,1-4H3,(H,24,25). The van der Waals surface area contributed by atoms with E-state index in [1.807, 2.05) is 0 Å². The van der Waals surface area contributed by atoms with E-state index in [0.29, 0.717) is 22.0 Å². The Balaban J connectivity index is 1.74. The molecule has 0 radical (unpaired) electrons. The lowest BCUT2D eigenvalue weighted by Crippen LogP contribution is -2.22. The van der Waals surface area contributed by atoms with Gasteiger partial charge in [0.2, 0.25) is 0 Å². The Kier molecular flexibility index (Phi) is 7.58. The number of rotatable bonds is 7. The van der Waals surface area contributed by atoms with Crippen molar-refractivity contribution in [2.45, 2.75) is 44.9 Å².